The van der Waals surface area contributed by atoms with Crippen molar-refractivity contribution in [1.82, 2.24) is 0 Å². The van der Waals surface area contributed by atoms with Gasteiger partial charge in [0, 0.05) is 0 Å². The topological polar surface area (TPSA) is 0 Å². The van der Waals surface area contributed by atoms with Crippen LogP contribution in [0.3, 0.4) is 0 Å². The fraction of sp³-hybridized carbons (Fsp3) is 0.0698. The average Bonchev–Trinajstić information content (AvgIpc) is 3.08. The van der Waals surface area contributed by atoms with E-state index < -0.39 is 0 Å². The highest BCUT2D eigenvalue weighted by molar-refractivity contribution is 6.10. The second kappa shape index (κ2) is 11.6. The van der Waals surface area contributed by atoms with Gasteiger partial charge in [0.1, 0.15) is 0 Å². The van der Waals surface area contributed by atoms with E-state index in [1.54, 1.807) is 0 Å². The minimum absolute atomic E-state index is 1.12. The van der Waals surface area contributed by atoms with Crippen molar-refractivity contribution in [2.24, 2.45) is 0 Å². The van der Waals surface area contributed by atoms with E-state index in [0.29, 0.717) is 0 Å². The third-order valence-corrected chi connectivity index (χ3v) is 8.62. The highest BCUT2D eigenvalue weighted by Gasteiger charge is 2.16. The van der Waals surface area contributed by atoms with Gasteiger partial charge in [0.25, 0.3) is 0 Å². The molecule has 1 aliphatic carbocycles. The standard InChI is InChI=1S/C43H34/c1-3-14-38-36(4-2)43(39-24-13-18-33-17-8-9-21-37(33)39)41-23-11-10-22-40(41)42(38)35-20-12-19-34(29-35)32-27-25-31(26-28-32)30-15-6-5-7-16-30/h3-4,6,8-29H,1,5,7H2,2H3/b36-4+,38-14+. The third kappa shape index (κ3) is 4.86. The SMILES string of the molecule is C=C/C=c1/c(-c2cccc(-c3ccc(C4=CCCC=C4)cc3)c2)c2ccccc2c(-c2cccc3ccccc23)/c1=C/C. The van der Waals surface area contributed by atoms with Crippen LogP contribution >= 0.6 is 0 Å². The maximum Gasteiger partial charge on any atom is -0.00234 e. The first-order valence-electron chi connectivity index (χ1n) is 15.2. The summed E-state index contributed by atoms with van der Waals surface area (Å²) in [4.78, 5) is 0. The van der Waals surface area contributed by atoms with E-state index in [9.17, 15) is 0 Å². The largest absolute Gasteiger partial charge is 0.0990 e. The van der Waals surface area contributed by atoms with Gasteiger partial charge in [-0.25, -0.2) is 0 Å². The molecule has 0 nitrogen and oxygen atoms in total. The Morgan fingerprint density at radius 2 is 1.26 bits per heavy atom. The first-order valence-corrected chi connectivity index (χ1v) is 15.2. The van der Waals surface area contributed by atoms with Crippen molar-refractivity contribution >= 4 is 39.3 Å². The molecule has 0 atom stereocenters. The third-order valence-electron chi connectivity index (χ3n) is 8.62. The summed E-state index contributed by atoms with van der Waals surface area (Å²) in [7, 11) is 0. The summed E-state index contributed by atoms with van der Waals surface area (Å²) in [6.07, 6.45) is 15.5. The zero-order chi connectivity index (χ0) is 29.2. The van der Waals surface area contributed by atoms with Gasteiger partial charge < -0.3 is 0 Å². The minimum atomic E-state index is 1.12. The molecule has 0 fully saturated rings. The van der Waals surface area contributed by atoms with Crippen molar-refractivity contribution < 1.29 is 0 Å². The number of benzene rings is 6. The lowest BCUT2D eigenvalue weighted by Crippen LogP contribution is -2.29. The number of hydrogen-bond donors (Lipinski definition) is 0. The summed E-state index contributed by atoms with van der Waals surface area (Å²) in [5.41, 5.74) is 9.99. The summed E-state index contributed by atoms with van der Waals surface area (Å²) >= 11 is 0. The predicted molar refractivity (Wildman–Crippen MR) is 188 cm³/mol. The Labute approximate surface area is 254 Å². The summed E-state index contributed by atoms with van der Waals surface area (Å²) in [5.74, 6) is 0. The van der Waals surface area contributed by atoms with E-state index in [-0.39, 0.29) is 0 Å². The highest BCUT2D eigenvalue weighted by Crippen LogP contribution is 2.36. The van der Waals surface area contributed by atoms with E-state index in [2.05, 4.69) is 159 Å². The first kappa shape index (κ1) is 26.7. The summed E-state index contributed by atoms with van der Waals surface area (Å²) < 4.78 is 0. The molecule has 0 heteroatoms. The van der Waals surface area contributed by atoms with Crippen LogP contribution in [0.15, 0.2) is 146 Å². The van der Waals surface area contributed by atoms with Crippen LogP contribution < -0.4 is 10.4 Å². The first-order chi connectivity index (χ1) is 21.3. The fourth-order valence-electron chi connectivity index (χ4n) is 6.65. The van der Waals surface area contributed by atoms with Gasteiger partial charge in [-0.05, 0) is 102 Å². The van der Waals surface area contributed by atoms with Gasteiger partial charge in [0.15, 0.2) is 0 Å². The zero-order valence-electron chi connectivity index (χ0n) is 24.6. The lowest BCUT2D eigenvalue weighted by atomic mass is 9.86. The van der Waals surface area contributed by atoms with Gasteiger partial charge in [0.05, 0.1) is 0 Å². The average molecular weight is 551 g/mol. The molecule has 0 saturated carbocycles. The second-order valence-electron chi connectivity index (χ2n) is 11.1. The maximum absolute atomic E-state index is 4.13. The number of hydrogen-bond acceptors (Lipinski definition) is 0. The van der Waals surface area contributed by atoms with Gasteiger partial charge >= 0.3 is 0 Å². The Morgan fingerprint density at radius 1 is 0.581 bits per heavy atom. The number of rotatable bonds is 5. The molecule has 0 amide bonds. The van der Waals surface area contributed by atoms with Crippen molar-refractivity contribution in [3.8, 4) is 33.4 Å². The number of allylic oxidation sites excluding steroid dienone is 5. The van der Waals surface area contributed by atoms with E-state index in [1.165, 1.54) is 76.5 Å². The van der Waals surface area contributed by atoms with Crippen molar-refractivity contribution in [1.29, 1.82) is 0 Å². The Kier molecular flexibility index (Phi) is 7.19. The molecular formula is C43H34. The van der Waals surface area contributed by atoms with E-state index in [1.807, 2.05) is 6.08 Å². The maximum atomic E-state index is 4.13. The Hall–Kier alpha value is -5.20. The molecule has 0 bridgehead atoms. The van der Waals surface area contributed by atoms with Crippen molar-refractivity contribution in [3.63, 3.8) is 0 Å². The molecule has 0 radical (unpaired) electrons. The molecule has 0 saturated heterocycles. The molecule has 0 unspecified atom stereocenters. The molecule has 0 aliphatic heterocycles. The smallest absolute Gasteiger partial charge is 0.00234 e. The summed E-state index contributed by atoms with van der Waals surface area (Å²) in [6.45, 7) is 6.28. The Balaban J connectivity index is 1.46. The molecule has 6 aromatic rings. The molecule has 206 valence electrons. The monoisotopic (exact) mass is 550 g/mol. The van der Waals surface area contributed by atoms with Gasteiger partial charge in [-0.2, -0.15) is 0 Å². The van der Waals surface area contributed by atoms with E-state index >= 15 is 0 Å². The molecule has 7 rings (SSSR count). The van der Waals surface area contributed by atoms with Crippen LogP contribution in [0.2, 0.25) is 0 Å². The van der Waals surface area contributed by atoms with E-state index in [0.717, 1.165) is 12.8 Å². The fourth-order valence-corrected chi connectivity index (χ4v) is 6.65. The van der Waals surface area contributed by atoms with Gasteiger partial charge in [0.2, 0.25) is 0 Å². The van der Waals surface area contributed by atoms with Crippen LogP contribution in [0.1, 0.15) is 25.3 Å². The zero-order valence-corrected chi connectivity index (χ0v) is 24.6. The van der Waals surface area contributed by atoms with Crippen LogP contribution in [-0.2, 0) is 0 Å². The molecular weight excluding hydrogens is 516 g/mol. The molecule has 6 aromatic carbocycles. The minimum Gasteiger partial charge on any atom is -0.0990 e. The normalized spacial score (nSPS) is 13.9. The quantitative estimate of drug-likeness (QED) is 0.200. The van der Waals surface area contributed by atoms with Crippen LogP contribution in [0, 0.1) is 0 Å². The number of fused-ring (bicyclic) bond motifs is 2. The molecule has 0 aromatic heterocycles. The lowest BCUT2D eigenvalue weighted by molar-refractivity contribution is 1.04. The van der Waals surface area contributed by atoms with Gasteiger partial charge in [-0.15, -0.1) is 0 Å². The van der Waals surface area contributed by atoms with Crippen LogP contribution in [-0.4, -0.2) is 0 Å². The van der Waals surface area contributed by atoms with Crippen molar-refractivity contribution in [3.05, 3.63) is 162 Å². The lowest BCUT2D eigenvalue weighted by Gasteiger charge is -2.17. The Bertz CT molecular complexity index is 2180. The van der Waals surface area contributed by atoms with Crippen LogP contribution in [0.4, 0.5) is 0 Å². The molecule has 43 heavy (non-hydrogen) atoms. The molecule has 0 spiro atoms. The summed E-state index contributed by atoms with van der Waals surface area (Å²) in [5, 5.41) is 7.44. The molecule has 0 heterocycles. The molecule has 1 aliphatic rings. The molecule has 0 N–H and O–H groups in total. The predicted octanol–water partition coefficient (Wildman–Crippen LogP) is 10.5. The van der Waals surface area contributed by atoms with Crippen LogP contribution in [0.25, 0.3) is 72.7 Å². The van der Waals surface area contributed by atoms with Gasteiger partial charge in [-0.3, -0.25) is 0 Å². The van der Waals surface area contributed by atoms with Gasteiger partial charge in [-0.1, -0.05) is 152 Å². The second-order valence-corrected chi connectivity index (χ2v) is 11.1. The highest BCUT2D eigenvalue weighted by atomic mass is 14.2. The van der Waals surface area contributed by atoms with Crippen molar-refractivity contribution in [2.45, 2.75) is 19.8 Å². The Morgan fingerprint density at radius 3 is 2.00 bits per heavy atom. The van der Waals surface area contributed by atoms with Crippen LogP contribution in [0.5, 0.6) is 0 Å². The van der Waals surface area contributed by atoms with Crippen molar-refractivity contribution in [2.75, 3.05) is 0 Å². The summed E-state index contributed by atoms with van der Waals surface area (Å²) in [6, 6.07) is 42.2. The van der Waals surface area contributed by atoms with E-state index in [4.69, 9.17) is 0 Å².